The molecule has 3 aromatic heterocycles. The smallest absolute Gasteiger partial charge is 0.269 e. The topological polar surface area (TPSA) is 86.4 Å². The van der Waals surface area contributed by atoms with Crippen molar-refractivity contribution in [3.63, 3.8) is 0 Å². The van der Waals surface area contributed by atoms with Gasteiger partial charge >= 0.3 is 0 Å². The van der Waals surface area contributed by atoms with Crippen LogP contribution in [0.4, 0.5) is 5.69 Å². The lowest BCUT2D eigenvalue weighted by molar-refractivity contribution is 0.0958. The van der Waals surface area contributed by atoms with Crippen molar-refractivity contribution in [2.45, 2.75) is 19.9 Å². The Bertz CT molecular complexity index is 981. The Balaban J connectivity index is 1.38. The van der Waals surface area contributed by atoms with Gasteiger partial charge in [0.25, 0.3) is 5.91 Å². The van der Waals surface area contributed by atoms with Crippen molar-refractivity contribution in [3.05, 3.63) is 47.4 Å². The number of aromatic nitrogens is 3. The van der Waals surface area contributed by atoms with Gasteiger partial charge in [-0.2, -0.15) is 0 Å². The molecule has 1 aliphatic rings. The first-order chi connectivity index (χ1) is 14.6. The van der Waals surface area contributed by atoms with E-state index in [2.05, 4.69) is 49.1 Å². The summed E-state index contributed by atoms with van der Waals surface area (Å²) in [4.78, 5) is 28.8. The number of ether oxygens (including phenoxy) is 1. The average molecular weight is 409 g/mol. The number of piperazine rings is 1. The molecule has 1 fully saturated rings. The number of hydrogen-bond donors (Lipinski definition) is 2. The molecule has 1 aliphatic heterocycles. The molecule has 1 amide bonds. The van der Waals surface area contributed by atoms with Gasteiger partial charge in [0, 0.05) is 51.0 Å². The Kier molecular flexibility index (Phi) is 5.85. The Morgan fingerprint density at radius 3 is 2.67 bits per heavy atom. The van der Waals surface area contributed by atoms with E-state index < -0.39 is 0 Å². The summed E-state index contributed by atoms with van der Waals surface area (Å²) in [6.07, 6.45) is 2.67. The monoisotopic (exact) mass is 408 g/mol. The van der Waals surface area contributed by atoms with E-state index in [1.54, 1.807) is 26.4 Å². The summed E-state index contributed by atoms with van der Waals surface area (Å²) in [5.41, 5.74) is 5.77. The third-order valence-corrected chi connectivity index (χ3v) is 5.61. The van der Waals surface area contributed by atoms with E-state index in [1.165, 1.54) is 0 Å². The molecule has 0 spiro atoms. The fourth-order valence-corrected chi connectivity index (χ4v) is 3.89. The molecule has 0 unspecified atom stereocenters. The summed E-state index contributed by atoms with van der Waals surface area (Å²) in [5.74, 6) is 0.545. The molecule has 0 saturated carbocycles. The molecular weight excluding hydrogens is 380 g/mol. The first kappa shape index (κ1) is 20.2. The van der Waals surface area contributed by atoms with E-state index in [0.29, 0.717) is 11.6 Å². The van der Waals surface area contributed by atoms with E-state index in [1.807, 2.05) is 6.07 Å². The van der Waals surface area contributed by atoms with Gasteiger partial charge in [-0.25, -0.2) is 9.97 Å². The van der Waals surface area contributed by atoms with Crippen molar-refractivity contribution in [3.8, 4) is 5.88 Å². The Morgan fingerprint density at radius 1 is 1.23 bits per heavy atom. The van der Waals surface area contributed by atoms with Crippen molar-refractivity contribution < 1.29 is 9.53 Å². The molecule has 0 aliphatic carbocycles. The quantitative estimate of drug-likeness (QED) is 0.650. The first-order valence-electron chi connectivity index (χ1n) is 10.3. The summed E-state index contributed by atoms with van der Waals surface area (Å²) in [7, 11) is 3.28. The van der Waals surface area contributed by atoms with Gasteiger partial charge in [-0.05, 0) is 30.7 Å². The van der Waals surface area contributed by atoms with Gasteiger partial charge in [-0.15, -0.1) is 0 Å². The number of rotatable bonds is 6. The minimum Gasteiger partial charge on any atom is -0.481 e. The second-order valence-electron chi connectivity index (χ2n) is 7.48. The average Bonchev–Trinajstić information content (AvgIpc) is 3.19. The predicted molar refractivity (Wildman–Crippen MR) is 117 cm³/mol. The number of carbonyl (C=O) groups is 1. The largest absolute Gasteiger partial charge is 0.481 e. The maximum Gasteiger partial charge on any atom is 0.269 e. The molecule has 2 N–H and O–H groups in total. The van der Waals surface area contributed by atoms with Crippen molar-refractivity contribution in [1.29, 1.82) is 0 Å². The summed E-state index contributed by atoms with van der Waals surface area (Å²) in [5, 5.41) is 2.60. The molecular formula is C22H28N6O2. The molecule has 0 atom stereocenters. The lowest BCUT2D eigenvalue weighted by Gasteiger charge is -2.35. The normalized spacial score (nSPS) is 14.8. The fourth-order valence-electron chi connectivity index (χ4n) is 3.89. The Labute approximate surface area is 176 Å². The van der Waals surface area contributed by atoms with Crippen LogP contribution < -0.4 is 15.0 Å². The molecule has 0 aromatic carbocycles. The number of fused-ring (bicyclic) bond motifs is 1. The highest BCUT2D eigenvalue weighted by atomic mass is 16.5. The highest BCUT2D eigenvalue weighted by molar-refractivity contribution is 5.92. The Morgan fingerprint density at radius 2 is 2.03 bits per heavy atom. The highest BCUT2D eigenvalue weighted by Gasteiger charge is 2.19. The molecule has 0 bridgehead atoms. The number of hydrogen-bond acceptors (Lipinski definition) is 6. The molecule has 3 aromatic rings. The van der Waals surface area contributed by atoms with Crippen LogP contribution in [-0.4, -0.2) is 66.1 Å². The second-order valence-corrected chi connectivity index (χ2v) is 7.48. The highest BCUT2D eigenvalue weighted by Crippen LogP contribution is 2.24. The lowest BCUT2D eigenvalue weighted by Crippen LogP contribution is -2.46. The van der Waals surface area contributed by atoms with E-state index in [0.717, 1.165) is 67.1 Å². The number of H-pyrrole nitrogens is 1. The SMILES string of the molecule is CCc1cc2[nH]c(CN3CCN(c4ccc(C(=O)NC)nc4)CC3)cc2nc1OC. The van der Waals surface area contributed by atoms with E-state index in [9.17, 15) is 4.79 Å². The second kappa shape index (κ2) is 8.71. The number of nitrogens with one attached hydrogen (secondary N) is 2. The molecule has 30 heavy (non-hydrogen) atoms. The zero-order valence-corrected chi connectivity index (χ0v) is 17.7. The molecule has 8 heteroatoms. The summed E-state index contributed by atoms with van der Waals surface area (Å²) in [6.45, 7) is 6.74. The summed E-state index contributed by atoms with van der Waals surface area (Å²) < 4.78 is 5.42. The number of amides is 1. The van der Waals surface area contributed by atoms with Crippen LogP contribution in [0, 0.1) is 0 Å². The van der Waals surface area contributed by atoms with Gasteiger partial charge in [0.05, 0.1) is 30.0 Å². The van der Waals surface area contributed by atoms with Gasteiger partial charge in [0.2, 0.25) is 5.88 Å². The maximum atomic E-state index is 11.6. The summed E-state index contributed by atoms with van der Waals surface area (Å²) in [6, 6.07) is 8.00. The fraction of sp³-hybridized carbons (Fsp3) is 0.409. The number of anilines is 1. The van der Waals surface area contributed by atoms with Gasteiger partial charge in [-0.3, -0.25) is 9.69 Å². The van der Waals surface area contributed by atoms with E-state index >= 15 is 0 Å². The van der Waals surface area contributed by atoms with Crippen molar-refractivity contribution in [2.75, 3.05) is 45.2 Å². The van der Waals surface area contributed by atoms with Gasteiger partial charge in [0.15, 0.2) is 0 Å². The number of pyridine rings is 2. The first-order valence-corrected chi connectivity index (χ1v) is 10.3. The molecule has 4 rings (SSSR count). The van der Waals surface area contributed by atoms with Crippen LogP contribution in [0.3, 0.4) is 0 Å². The minimum atomic E-state index is -0.164. The third kappa shape index (κ3) is 4.09. The van der Waals surface area contributed by atoms with Crippen molar-refractivity contribution >= 4 is 22.6 Å². The summed E-state index contributed by atoms with van der Waals surface area (Å²) >= 11 is 0. The molecule has 0 radical (unpaired) electrons. The third-order valence-electron chi connectivity index (χ3n) is 5.61. The number of aromatic amines is 1. The van der Waals surface area contributed by atoms with Crippen LogP contribution >= 0.6 is 0 Å². The number of carbonyl (C=O) groups excluding carboxylic acids is 1. The number of nitrogens with zero attached hydrogens (tertiary/aromatic N) is 4. The van der Waals surface area contributed by atoms with E-state index in [4.69, 9.17) is 4.74 Å². The van der Waals surface area contributed by atoms with E-state index in [-0.39, 0.29) is 5.91 Å². The predicted octanol–water partition coefficient (Wildman–Crippen LogP) is 2.21. The van der Waals surface area contributed by atoms with Crippen LogP contribution in [0.2, 0.25) is 0 Å². The lowest BCUT2D eigenvalue weighted by atomic mass is 10.2. The van der Waals surface area contributed by atoms with Crippen LogP contribution in [0.25, 0.3) is 11.0 Å². The molecule has 4 heterocycles. The van der Waals surface area contributed by atoms with Gasteiger partial charge in [0.1, 0.15) is 5.69 Å². The van der Waals surface area contributed by atoms with Crippen LogP contribution in [0.5, 0.6) is 5.88 Å². The van der Waals surface area contributed by atoms with Crippen LogP contribution in [-0.2, 0) is 13.0 Å². The van der Waals surface area contributed by atoms with Crippen LogP contribution in [0.1, 0.15) is 28.7 Å². The van der Waals surface area contributed by atoms with Gasteiger partial charge < -0.3 is 19.9 Å². The standard InChI is InChI=1S/C22H28N6O2/c1-4-15-11-19-20(26-22(15)30-3)12-16(25-19)14-27-7-9-28(10-8-27)17-5-6-18(24-13-17)21(29)23-2/h5-6,11-13,25H,4,7-10,14H2,1-3H3,(H,23,29). The minimum absolute atomic E-state index is 0.164. The number of methoxy groups -OCH3 is 1. The molecule has 1 saturated heterocycles. The van der Waals surface area contributed by atoms with Crippen LogP contribution in [0.15, 0.2) is 30.5 Å². The van der Waals surface area contributed by atoms with Crippen molar-refractivity contribution in [1.82, 2.24) is 25.2 Å². The Hall–Kier alpha value is -3.13. The molecule has 158 valence electrons. The van der Waals surface area contributed by atoms with Crippen molar-refractivity contribution in [2.24, 2.45) is 0 Å². The number of aryl methyl sites for hydroxylation is 1. The zero-order chi connectivity index (χ0) is 21.1. The molecule has 8 nitrogen and oxygen atoms in total. The maximum absolute atomic E-state index is 11.6. The zero-order valence-electron chi connectivity index (χ0n) is 17.7. The van der Waals surface area contributed by atoms with Gasteiger partial charge in [-0.1, -0.05) is 6.92 Å².